The van der Waals surface area contributed by atoms with Crippen LogP contribution in [0, 0.1) is 0 Å². The molecule has 0 unspecified atom stereocenters. The summed E-state index contributed by atoms with van der Waals surface area (Å²) in [5.41, 5.74) is 0. The van der Waals surface area contributed by atoms with E-state index in [9.17, 15) is 13.6 Å². The van der Waals surface area contributed by atoms with Crippen molar-refractivity contribution < 1.29 is 27.8 Å². The lowest BCUT2D eigenvalue weighted by atomic mass is 10.4. The van der Waals surface area contributed by atoms with E-state index in [1.165, 1.54) is 6.26 Å². The first-order valence-corrected chi connectivity index (χ1v) is 3.74. The standard InChI is InChI=1S/C8H8F2O4/c9-8(10,7(11)12)5-13-4-6-2-1-3-14-6/h1-3H,4-5H2,(H,11,12). The van der Waals surface area contributed by atoms with Crippen LogP contribution in [-0.2, 0) is 16.1 Å². The molecule has 0 aliphatic carbocycles. The minimum absolute atomic E-state index is 0.171. The zero-order chi connectivity index (χ0) is 10.6. The molecule has 6 heteroatoms. The van der Waals surface area contributed by atoms with Gasteiger partial charge in [-0.3, -0.25) is 0 Å². The third kappa shape index (κ3) is 2.81. The molecule has 0 aliphatic rings. The third-order valence-corrected chi connectivity index (χ3v) is 1.42. The van der Waals surface area contributed by atoms with E-state index in [4.69, 9.17) is 9.52 Å². The summed E-state index contributed by atoms with van der Waals surface area (Å²) in [6, 6.07) is 3.12. The highest BCUT2D eigenvalue weighted by Crippen LogP contribution is 2.14. The Bertz CT molecular complexity index is 294. The normalized spacial score (nSPS) is 11.6. The monoisotopic (exact) mass is 206 g/mol. The van der Waals surface area contributed by atoms with Crippen molar-refractivity contribution in [1.29, 1.82) is 0 Å². The van der Waals surface area contributed by atoms with Crippen molar-refractivity contribution >= 4 is 5.97 Å². The largest absolute Gasteiger partial charge is 0.477 e. The van der Waals surface area contributed by atoms with Gasteiger partial charge in [-0.05, 0) is 12.1 Å². The molecule has 0 bridgehead atoms. The van der Waals surface area contributed by atoms with Crippen molar-refractivity contribution in [2.75, 3.05) is 6.61 Å². The van der Waals surface area contributed by atoms with Gasteiger partial charge in [0.2, 0.25) is 0 Å². The molecule has 0 saturated carbocycles. The van der Waals surface area contributed by atoms with Gasteiger partial charge in [0.25, 0.3) is 0 Å². The van der Waals surface area contributed by atoms with E-state index in [1.54, 1.807) is 12.1 Å². The zero-order valence-electron chi connectivity index (χ0n) is 7.07. The molecule has 1 aromatic heterocycles. The van der Waals surface area contributed by atoms with Gasteiger partial charge in [-0.25, -0.2) is 4.79 Å². The molecule has 0 saturated heterocycles. The summed E-state index contributed by atoms with van der Waals surface area (Å²) in [7, 11) is 0. The van der Waals surface area contributed by atoms with Crippen LogP contribution in [0.1, 0.15) is 5.76 Å². The van der Waals surface area contributed by atoms with E-state index >= 15 is 0 Å². The lowest BCUT2D eigenvalue weighted by Crippen LogP contribution is -2.33. The summed E-state index contributed by atoms with van der Waals surface area (Å²) in [6.45, 7) is -1.33. The molecule has 4 nitrogen and oxygen atoms in total. The fraction of sp³-hybridized carbons (Fsp3) is 0.375. The Morgan fingerprint density at radius 2 is 2.36 bits per heavy atom. The molecule has 0 radical (unpaired) electrons. The molecule has 1 heterocycles. The number of alkyl halides is 2. The summed E-state index contributed by atoms with van der Waals surface area (Å²) in [5.74, 6) is -5.69. The van der Waals surface area contributed by atoms with Crippen molar-refractivity contribution in [3.05, 3.63) is 24.2 Å². The fourth-order valence-corrected chi connectivity index (χ4v) is 0.736. The van der Waals surface area contributed by atoms with Gasteiger partial charge in [0.05, 0.1) is 6.26 Å². The second kappa shape index (κ2) is 4.19. The molecule has 78 valence electrons. The highest BCUT2D eigenvalue weighted by molar-refractivity contribution is 5.75. The summed E-state index contributed by atoms with van der Waals surface area (Å²) in [6.07, 6.45) is 1.37. The molecule has 0 amide bonds. The molecule has 0 spiro atoms. The number of carboxylic acids is 1. The van der Waals surface area contributed by atoms with Gasteiger partial charge in [0.15, 0.2) is 0 Å². The van der Waals surface area contributed by atoms with Gasteiger partial charge in [0, 0.05) is 0 Å². The minimum atomic E-state index is -3.85. The SMILES string of the molecule is O=C(O)C(F)(F)COCc1ccco1. The molecular weight excluding hydrogens is 198 g/mol. The van der Waals surface area contributed by atoms with Gasteiger partial charge in [-0.2, -0.15) is 8.78 Å². The number of furan rings is 1. The molecule has 0 atom stereocenters. The summed E-state index contributed by atoms with van der Waals surface area (Å²) < 4.78 is 34.1. The van der Waals surface area contributed by atoms with E-state index in [0.717, 1.165) is 0 Å². The molecule has 1 rings (SSSR count). The Morgan fingerprint density at radius 3 is 2.86 bits per heavy atom. The van der Waals surface area contributed by atoms with Crippen LogP contribution in [0.25, 0.3) is 0 Å². The van der Waals surface area contributed by atoms with Crippen LogP contribution in [0.3, 0.4) is 0 Å². The zero-order valence-corrected chi connectivity index (χ0v) is 7.07. The van der Waals surface area contributed by atoms with Gasteiger partial charge < -0.3 is 14.3 Å². The molecule has 0 aliphatic heterocycles. The minimum Gasteiger partial charge on any atom is -0.477 e. The second-order valence-electron chi connectivity index (χ2n) is 2.58. The highest BCUT2D eigenvalue weighted by Gasteiger charge is 2.39. The number of ether oxygens (including phenoxy) is 1. The Labute approximate surface area is 78.1 Å². The maximum absolute atomic E-state index is 12.4. The van der Waals surface area contributed by atoms with Crippen LogP contribution in [0.5, 0.6) is 0 Å². The van der Waals surface area contributed by atoms with Crippen LogP contribution in [-0.4, -0.2) is 23.6 Å². The van der Waals surface area contributed by atoms with E-state index in [2.05, 4.69) is 4.74 Å². The first-order chi connectivity index (χ1) is 6.52. The van der Waals surface area contributed by atoms with Gasteiger partial charge in [-0.15, -0.1) is 0 Å². The lowest BCUT2D eigenvalue weighted by Gasteiger charge is -2.10. The highest BCUT2D eigenvalue weighted by atomic mass is 19.3. The molecular formula is C8H8F2O4. The fourth-order valence-electron chi connectivity index (χ4n) is 0.736. The number of carboxylic acid groups (broad SMARTS) is 1. The Hall–Kier alpha value is -1.43. The molecule has 14 heavy (non-hydrogen) atoms. The average molecular weight is 206 g/mol. The number of aliphatic carboxylic acids is 1. The number of halogens is 2. The lowest BCUT2D eigenvalue weighted by molar-refractivity contribution is -0.174. The van der Waals surface area contributed by atoms with Crippen LogP contribution in [0.4, 0.5) is 8.78 Å². The number of hydrogen-bond acceptors (Lipinski definition) is 3. The first-order valence-electron chi connectivity index (χ1n) is 3.74. The van der Waals surface area contributed by atoms with Crippen molar-refractivity contribution in [2.24, 2.45) is 0 Å². The molecule has 0 aromatic carbocycles. The number of hydrogen-bond donors (Lipinski definition) is 1. The molecule has 0 fully saturated rings. The predicted octanol–water partition coefficient (Wildman–Crippen LogP) is 1.52. The average Bonchev–Trinajstić information content (AvgIpc) is 2.56. The quantitative estimate of drug-likeness (QED) is 0.793. The summed E-state index contributed by atoms with van der Waals surface area (Å²) in [5, 5.41) is 8.05. The van der Waals surface area contributed by atoms with Crippen molar-refractivity contribution in [1.82, 2.24) is 0 Å². The van der Waals surface area contributed by atoms with Crippen molar-refractivity contribution in [2.45, 2.75) is 12.5 Å². The third-order valence-electron chi connectivity index (χ3n) is 1.42. The van der Waals surface area contributed by atoms with Crippen LogP contribution >= 0.6 is 0 Å². The predicted molar refractivity (Wildman–Crippen MR) is 40.9 cm³/mol. The van der Waals surface area contributed by atoms with Gasteiger partial charge in [-0.1, -0.05) is 0 Å². The van der Waals surface area contributed by atoms with Crippen molar-refractivity contribution in [3.63, 3.8) is 0 Å². The maximum Gasteiger partial charge on any atom is 0.377 e. The summed E-state index contributed by atoms with van der Waals surface area (Å²) in [4.78, 5) is 9.96. The van der Waals surface area contributed by atoms with Crippen molar-refractivity contribution in [3.8, 4) is 0 Å². The Balaban J connectivity index is 2.31. The number of rotatable bonds is 5. The van der Waals surface area contributed by atoms with E-state index < -0.39 is 18.5 Å². The van der Waals surface area contributed by atoms with Crippen LogP contribution in [0.2, 0.25) is 0 Å². The first kappa shape index (κ1) is 10.6. The Kier molecular flexibility index (Phi) is 3.19. The second-order valence-corrected chi connectivity index (χ2v) is 2.58. The maximum atomic E-state index is 12.4. The summed E-state index contributed by atoms with van der Waals surface area (Å²) >= 11 is 0. The van der Waals surface area contributed by atoms with E-state index in [0.29, 0.717) is 5.76 Å². The van der Waals surface area contributed by atoms with Gasteiger partial charge >= 0.3 is 11.9 Å². The van der Waals surface area contributed by atoms with Gasteiger partial charge in [0.1, 0.15) is 19.0 Å². The number of carbonyl (C=O) groups is 1. The Morgan fingerprint density at radius 1 is 1.64 bits per heavy atom. The topological polar surface area (TPSA) is 59.7 Å². The molecule has 1 N–H and O–H groups in total. The van der Waals surface area contributed by atoms with Crippen LogP contribution in [0.15, 0.2) is 22.8 Å². The van der Waals surface area contributed by atoms with E-state index in [-0.39, 0.29) is 6.61 Å². The van der Waals surface area contributed by atoms with E-state index in [1.807, 2.05) is 0 Å². The van der Waals surface area contributed by atoms with Crippen LogP contribution < -0.4 is 0 Å². The smallest absolute Gasteiger partial charge is 0.377 e. The molecule has 1 aromatic rings.